The first-order valence-corrected chi connectivity index (χ1v) is 7.98. The summed E-state index contributed by atoms with van der Waals surface area (Å²) in [7, 11) is 0. The van der Waals surface area contributed by atoms with Crippen LogP contribution in [0.4, 0.5) is 0 Å². The van der Waals surface area contributed by atoms with Gasteiger partial charge < -0.3 is 9.26 Å². The van der Waals surface area contributed by atoms with Crippen molar-refractivity contribution in [2.24, 2.45) is 0 Å². The third-order valence-corrected chi connectivity index (χ3v) is 3.80. The van der Waals surface area contributed by atoms with Gasteiger partial charge in [-0.15, -0.1) is 0 Å². The predicted octanol–water partition coefficient (Wildman–Crippen LogP) is 2.11. The smallest absolute Gasteiger partial charge is 0.232 e. The summed E-state index contributed by atoms with van der Waals surface area (Å²) >= 11 is 0. The molecule has 0 radical (unpaired) electrons. The Labute approximate surface area is 136 Å². The summed E-state index contributed by atoms with van der Waals surface area (Å²) in [5, 5.41) is 4.10. The zero-order valence-corrected chi connectivity index (χ0v) is 14.2. The summed E-state index contributed by atoms with van der Waals surface area (Å²) in [5.74, 6) is 2.07. The van der Waals surface area contributed by atoms with Gasteiger partial charge in [-0.3, -0.25) is 4.90 Å². The molecule has 7 nitrogen and oxygen atoms in total. The van der Waals surface area contributed by atoms with E-state index in [4.69, 9.17) is 9.26 Å². The van der Waals surface area contributed by atoms with Crippen molar-refractivity contribution < 1.29 is 9.26 Å². The molecular formula is C16H23N5O2. The van der Waals surface area contributed by atoms with Gasteiger partial charge in [0, 0.05) is 30.5 Å². The van der Waals surface area contributed by atoms with E-state index in [2.05, 4.69) is 45.8 Å². The molecule has 2 aromatic rings. The molecule has 0 unspecified atom stereocenters. The summed E-state index contributed by atoms with van der Waals surface area (Å²) < 4.78 is 11.0. The van der Waals surface area contributed by atoms with Crippen molar-refractivity contribution in [3.05, 3.63) is 29.3 Å². The zero-order valence-electron chi connectivity index (χ0n) is 14.2. The molecule has 0 aliphatic carbocycles. The van der Waals surface area contributed by atoms with Crippen LogP contribution >= 0.6 is 0 Å². The van der Waals surface area contributed by atoms with Gasteiger partial charge in [0.15, 0.2) is 5.82 Å². The van der Waals surface area contributed by atoms with E-state index in [0.29, 0.717) is 30.7 Å². The minimum Gasteiger partial charge on any atom is -0.478 e. The Morgan fingerprint density at radius 3 is 2.83 bits per heavy atom. The zero-order chi connectivity index (χ0) is 16.4. The molecule has 0 atom stereocenters. The van der Waals surface area contributed by atoms with Crippen LogP contribution in [0.15, 0.2) is 10.9 Å². The van der Waals surface area contributed by atoms with Gasteiger partial charge in [0.05, 0.1) is 18.8 Å². The third kappa shape index (κ3) is 3.50. The maximum absolute atomic E-state index is 5.62. The number of ether oxygens (including phenoxy) is 1. The van der Waals surface area contributed by atoms with E-state index in [9.17, 15) is 0 Å². The Bertz CT molecular complexity index is 677. The van der Waals surface area contributed by atoms with Crippen molar-refractivity contribution in [3.8, 4) is 5.88 Å². The van der Waals surface area contributed by atoms with Crippen molar-refractivity contribution in [1.82, 2.24) is 25.0 Å². The predicted molar refractivity (Wildman–Crippen MR) is 84.0 cm³/mol. The summed E-state index contributed by atoms with van der Waals surface area (Å²) in [6, 6.07) is 0. The first-order chi connectivity index (χ1) is 11.0. The quantitative estimate of drug-likeness (QED) is 0.854. The first-order valence-electron chi connectivity index (χ1n) is 7.98. The van der Waals surface area contributed by atoms with Gasteiger partial charge in [0.2, 0.25) is 11.8 Å². The molecule has 1 aliphatic rings. The normalized spacial score (nSPS) is 15.5. The second-order valence-corrected chi connectivity index (χ2v) is 6.76. The number of rotatable bonds is 4. The van der Waals surface area contributed by atoms with E-state index in [1.54, 1.807) is 6.33 Å². The van der Waals surface area contributed by atoms with E-state index in [-0.39, 0.29) is 5.41 Å². The monoisotopic (exact) mass is 317 g/mol. The average molecular weight is 317 g/mol. The molecule has 23 heavy (non-hydrogen) atoms. The van der Waals surface area contributed by atoms with Gasteiger partial charge in [-0.25, -0.2) is 9.97 Å². The molecule has 0 fully saturated rings. The van der Waals surface area contributed by atoms with Crippen LogP contribution in [0.5, 0.6) is 5.88 Å². The lowest BCUT2D eigenvalue weighted by Crippen LogP contribution is -2.31. The number of hydrogen-bond acceptors (Lipinski definition) is 7. The summed E-state index contributed by atoms with van der Waals surface area (Å²) in [6.45, 7) is 11.1. The SMILES string of the molecule is CCOc1ncnc2c1CN(Cc1noc(C(C)(C)C)n1)CC2. The van der Waals surface area contributed by atoms with Gasteiger partial charge in [-0.1, -0.05) is 25.9 Å². The first kappa shape index (κ1) is 15.9. The summed E-state index contributed by atoms with van der Waals surface area (Å²) in [5.41, 5.74) is 2.01. The lowest BCUT2D eigenvalue weighted by molar-refractivity contribution is 0.223. The maximum atomic E-state index is 5.62. The van der Waals surface area contributed by atoms with Crippen LogP contribution < -0.4 is 4.74 Å². The summed E-state index contributed by atoms with van der Waals surface area (Å²) in [4.78, 5) is 15.4. The standard InChI is InChI=1S/C16H23N5O2/c1-5-22-14-11-8-21(7-6-12(11)17-10-18-14)9-13-19-15(23-20-13)16(2,3)4/h10H,5-9H2,1-4H3. The largest absolute Gasteiger partial charge is 0.478 e. The molecule has 3 rings (SSSR count). The van der Waals surface area contributed by atoms with Crippen LogP contribution in [0, 0.1) is 0 Å². The molecule has 0 saturated carbocycles. The van der Waals surface area contributed by atoms with Crippen molar-refractivity contribution in [2.45, 2.75) is 52.6 Å². The number of fused-ring (bicyclic) bond motifs is 1. The van der Waals surface area contributed by atoms with Crippen LogP contribution in [-0.2, 0) is 24.9 Å². The van der Waals surface area contributed by atoms with E-state index in [1.807, 2.05) is 6.92 Å². The summed E-state index contributed by atoms with van der Waals surface area (Å²) in [6.07, 6.45) is 2.45. The van der Waals surface area contributed by atoms with Gasteiger partial charge in [0.25, 0.3) is 0 Å². The number of hydrogen-bond donors (Lipinski definition) is 0. The van der Waals surface area contributed by atoms with Crippen LogP contribution in [0.3, 0.4) is 0 Å². The number of nitrogens with zero attached hydrogens (tertiary/aromatic N) is 5. The van der Waals surface area contributed by atoms with Gasteiger partial charge in [-0.05, 0) is 6.92 Å². The molecule has 2 aromatic heterocycles. The average Bonchev–Trinajstić information content (AvgIpc) is 2.97. The fourth-order valence-corrected chi connectivity index (χ4v) is 2.59. The van der Waals surface area contributed by atoms with Crippen molar-refractivity contribution in [2.75, 3.05) is 13.2 Å². The topological polar surface area (TPSA) is 77.2 Å². The Morgan fingerprint density at radius 2 is 2.13 bits per heavy atom. The molecule has 0 aromatic carbocycles. The minimum atomic E-state index is -0.129. The third-order valence-electron chi connectivity index (χ3n) is 3.80. The van der Waals surface area contributed by atoms with E-state index in [0.717, 1.165) is 30.8 Å². The van der Waals surface area contributed by atoms with Crippen LogP contribution in [-0.4, -0.2) is 38.2 Å². The van der Waals surface area contributed by atoms with Gasteiger partial charge in [0.1, 0.15) is 6.33 Å². The van der Waals surface area contributed by atoms with Crippen LogP contribution in [0.1, 0.15) is 50.7 Å². The highest BCUT2D eigenvalue weighted by Crippen LogP contribution is 2.26. The molecule has 0 saturated heterocycles. The molecular weight excluding hydrogens is 294 g/mol. The molecule has 7 heteroatoms. The van der Waals surface area contributed by atoms with Gasteiger partial charge >= 0.3 is 0 Å². The lowest BCUT2D eigenvalue weighted by Gasteiger charge is -2.27. The molecule has 0 bridgehead atoms. The molecule has 124 valence electrons. The Hall–Kier alpha value is -2.02. The van der Waals surface area contributed by atoms with Gasteiger partial charge in [-0.2, -0.15) is 4.98 Å². The molecule has 0 spiro atoms. The second-order valence-electron chi connectivity index (χ2n) is 6.76. The Morgan fingerprint density at radius 1 is 1.30 bits per heavy atom. The second kappa shape index (κ2) is 6.23. The molecule has 3 heterocycles. The maximum Gasteiger partial charge on any atom is 0.232 e. The molecule has 0 N–H and O–H groups in total. The highest BCUT2D eigenvalue weighted by Gasteiger charge is 2.25. The molecule has 1 aliphatic heterocycles. The van der Waals surface area contributed by atoms with E-state index >= 15 is 0 Å². The van der Waals surface area contributed by atoms with Crippen molar-refractivity contribution in [1.29, 1.82) is 0 Å². The van der Waals surface area contributed by atoms with Crippen LogP contribution in [0.25, 0.3) is 0 Å². The van der Waals surface area contributed by atoms with E-state index < -0.39 is 0 Å². The Balaban J connectivity index is 1.73. The van der Waals surface area contributed by atoms with Crippen LogP contribution in [0.2, 0.25) is 0 Å². The number of aromatic nitrogens is 4. The fourth-order valence-electron chi connectivity index (χ4n) is 2.59. The lowest BCUT2D eigenvalue weighted by atomic mass is 9.97. The minimum absolute atomic E-state index is 0.129. The highest BCUT2D eigenvalue weighted by molar-refractivity contribution is 5.31. The van der Waals surface area contributed by atoms with E-state index in [1.165, 1.54) is 0 Å². The van der Waals surface area contributed by atoms with Crippen molar-refractivity contribution >= 4 is 0 Å². The molecule has 0 amide bonds. The van der Waals surface area contributed by atoms with Crippen molar-refractivity contribution in [3.63, 3.8) is 0 Å². The highest BCUT2D eigenvalue weighted by atomic mass is 16.5. The fraction of sp³-hybridized carbons (Fsp3) is 0.625. The Kier molecular flexibility index (Phi) is 4.30.